The molecule has 2 aromatic carbocycles. The number of rotatable bonds is 4. The number of hydrazone groups is 1. The van der Waals surface area contributed by atoms with Crippen LogP contribution in [0.3, 0.4) is 0 Å². The van der Waals surface area contributed by atoms with Gasteiger partial charge < -0.3 is 19.3 Å². The zero-order valence-electron chi connectivity index (χ0n) is 12.6. The molecule has 1 aliphatic heterocycles. The van der Waals surface area contributed by atoms with Crippen LogP contribution in [0.5, 0.6) is 23.0 Å². The van der Waals surface area contributed by atoms with Gasteiger partial charge in [0.2, 0.25) is 6.79 Å². The summed E-state index contributed by atoms with van der Waals surface area (Å²) in [5, 5.41) is 13.8. The summed E-state index contributed by atoms with van der Waals surface area (Å²) in [4.78, 5) is 12.1. The van der Waals surface area contributed by atoms with E-state index in [0.717, 1.165) is 0 Å². The van der Waals surface area contributed by atoms with Crippen LogP contribution in [-0.2, 0) is 0 Å². The molecule has 1 aliphatic rings. The molecule has 1 heterocycles. The van der Waals surface area contributed by atoms with E-state index >= 15 is 0 Å². The molecular weight excluding hydrogens is 380 g/mol. The van der Waals surface area contributed by atoms with E-state index in [-0.39, 0.29) is 12.5 Å². The number of aromatic hydroxyl groups is 1. The van der Waals surface area contributed by atoms with Crippen molar-refractivity contribution < 1.29 is 24.1 Å². The Bertz CT molecular complexity index is 822. The van der Waals surface area contributed by atoms with Gasteiger partial charge in [-0.2, -0.15) is 5.10 Å². The summed E-state index contributed by atoms with van der Waals surface area (Å²) in [5.74, 6) is 1.24. The Balaban J connectivity index is 1.72. The lowest BCUT2D eigenvalue weighted by Crippen LogP contribution is -2.17. The van der Waals surface area contributed by atoms with Crippen LogP contribution >= 0.6 is 15.9 Å². The number of nitrogens with zero attached hydrogens (tertiary/aromatic N) is 1. The fraction of sp³-hybridized carbons (Fsp3) is 0.125. The average Bonchev–Trinajstić information content (AvgIpc) is 3.05. The number of methoxy groups -OCH3 is 1. The molecule has 7 nitrogen and oxygen atoms in total. The molecule has 0 radical (unpaired) electrons. The second kappa shape index (κ2) is 6.79. The highest BCUT2D eigenvalue weighted by Crippen LogP contribution is 2.33. The molecule has 0 aromatic heterocycles. The lowest BCUT2D eigenvalue weighted by molar-refractivity contribution is 0.0954. The minimum Gasteiger partial charge on any atom is -0.506 e. The second-order valence-corrected chi connectivity index (χ2v) is 5.67. The first-order valence-corrected chi connectivity index (χ1v) is 7.67. The fourth-order valence-electron chi connectivity index (χ4n) is 2.07. The third kappa shape index (κ3) is 3.28. The van der Waals surface area contributed by atoms with Crippen LogP contribution in [0, 0.1) is 0 Å². The molecule has 124 valence electrons. The number of carbonyl (C=O) groups excluding carboxylic acids is 1. The van der Waals surface area contributed by atoms with Gasteiger partial charge in [0.05, 0.1) is 17.8 Å². The van der Waals surface area contributed by atoms with Crippen molar-refractivity contribution in [2.75, 3.05) is 13.9 Å². The summed E-state index contributed by atoms with van der Waals surface area (Å²) in [6, 6.07) is 8.06. The zero-order chi connectivity index (χ0) is 17.1. The van der Waals surface area contributed by atoms with Crippen LogP contribution < -0.4 is 19.6 Å². The van der Waals surface area contributed by atoms with Crippen molar-refractivity contribution in [1.29, 1.82) is 0 Å². The molecule has 0 atom stereocenters. The van der Waals surface area contributed by atoms with Crippen molar-refractivity contribution >= 4 is 28.1 Å². The highest BCUT2D eigenvalue weighted by Gasteiger charge is 2.16. The number of halogens is 1. The van der Waals surface area contributed by atoms with E-state index in [1.165, 1.54) is 13.3 Å². The van der Waals surface area contributed by atoms with E-state index in [2.05, 4.69) is 26.5 Å². The van der Waals surface area contributed by atoms with Gasteiger partial charge in [-0.15, -0.1) is 0 Å². The first kappa shape index (κ1) is 16.1. The molecule has 2 aromatic rings. The molecule has 1 amide bonds. The van der Waals surface area contributed by atoms with Crippen LogP contribution in [0.2, 0.25) is 0 Å². The molecule has 8 heteroatoms. The maximum Gasteiger partial charge on any atom is 0.271 e. The van der Waals surface area contributed by atoms with Gasteiger partial charge in [0.25, 0.3) is 5.91 Å². The molecule has 0 bridgehead atoms. The summed E-state index contributed by atoms with van der Waals surface area (Å²) < 4.78 is 16.0. The SMILES string of the molecule is COc1cc(Br)c(O)c(/C=N\NC(=O)c2ccc3c(c2)OCO3)c1. The lowest BCUT2D eigenvalue weighted by atomic mass is 10.2. The normalized spacial score (nSPS) is 12.4. The number of fused-ring (bicyclic) bond motifs is 1. The maximum atomic E-state index is 12.1. The van der Waals surface area contributed by atoms with Crippen LogP contribution in [0.25, 0.3) is 0 Å². The van der Waals surface area contributed by atoms with Gasteiger partial charge in [-0.3, -0.25) is 4.79 Å². The Morgan fingerprint density at radius 1 is 1.33 bits per heavy atom. The topological polar surface area (TPSA) is 89.4 Å². The molecule has 0 fully saturated rings. The molecule has 0 saturated carbocycles. The van der Waals surface area contributed by atoms with Crippen molar-refractivity contribution in [3.05, 3.63) is 45.9 Å². The summed E-state index contributed by atoms with van der Waals surface area (Å²) in [6.45, 7) is 0.141. The largest absolute Gasteiger partial charge is 0.506 e. The van der Waals surface area contributed by atoms with Gasteiger partial charge in [-0.1, -0.05) is 0 Å². The zero-order valence-corrected chi connectivity index (χ0v) is 14.2. The standard InChI is InChI=1S/C16H13BrN2O5/c1-22-11-4-10(15(20)12(17)6-11)7-18-19-16(21)9-2-3-13-14(5-9)24-8-23-13/h2-7,20H,8H2,1H3,(H,19,21)/b18-7-. The molecular formula is C16H13BrN2O5. The van der Waals surface area contributed by atoms with Crippen molar-refractivity contribution in [1.82, 2.24) is 5.43 Å². The number of amides is 1. The number of benzene rings is 2. The summed E-state index contributed by atoms with van der Waals surface area (Å²) in [5.41, 5.74) is 3.17. The monoisotopic (exact) mass is 392 g/mol. The van der Waals surface area contributed by atoms with Gasteiger partial charge in [-0.05, 0) is 46.3 Å². The van der Waals surface area contributed by atoms with E-state index in [4.69, 9.17) is 14.2 Å². The summed E-state index contributed by atoms with van der Waals surface area (Å²) in [7, 11) is 1.52. The minimum absolute atomic E-state index is 0.00289. The first-order chi connectivity index (χ1) is 11.6. The molecule has 0 saturated heterocycles. The van der Waals surface area contributed by atoms with Gasteiger partial charge in [0.15, 0.2) is 11.5 Å². The van der Waals surface area contributed by atoms with E-state index in [9.17, 15) is 9.90 Å². The van der Waals surface area contributed by atoms with Crippen molar-refractivity contribution in [2.24, 2.45) is 5.10 Å². The Hall–Kier alpha value is -2.74. The molecule has 0 aliphatic carbocycles. The maximum absolute atomic E-state index is 12.1. The highest BCUT2D eigenvalue weighted by atomic mass is 79.9. The molecule has 24 heavy (non-hydrogen) atoms. The van der Waals surface area contributed by atoms with Crippen LogP contribution in [0.4, 0.5) is 0 Å². The van der Waals surface area contributed by atoms with Gasteiger partial charge in [0, 0.05) is 11.1 Å². The Labute approximate surface area is 146 Å². The molecule has 0 unspecified atom stereocenters. The number of nitrogens with one attached hydrogen (secondary N) is 1. The minimum atomic E-state index is -0.411. The third-order valence-electron chi connectivity index (χ3n) is 3.31. The van der Waals surface area contributed by atoms with Crippen LogP contribution in [0.1, 0.15) is 15.9 Å². The van der Waals surface area contributed by atoms with Gasteiger partial charge in [-0.25, -0.2) is 5.43 Å². The number of phenols is 1. The Morgan fingerprint density at radius 2 is 2.12 bits per heavy atom. The predicted octanol–water partition coefficient (Wildman–Crippen LogP) is 2.66. The summed E-state index contributed by atoms with van der Waals surface area (Å²) in [6.07, 6.45) is 1.33. The predicted molar refractivity (Wildman–Crippen MR) is 90.0 cm³/mol. The highest BCUT2D eigenvalue weighted by molar-refractivity contribution is 9.10. The van der Waals surface area contributed by atoms with E-state index in [1.807, 2.05) is 0 Å². The lowest BCUT2D eigenvalue weighted by Gasteiger charge is -2.06. The van der Waals surface area contributed by atoms with Crippen LogP contribution in [-0.4, -0.2) is 31.1 Å². The second-order valence-electron chi connectivity index (χ2n) is 4.81. The fourth-order valence-corrected chi connectivity index (χ4v) is 2.53. The number of carbonyl (C=O) groups is 1. The number of hydrogen-bond acceptors (Lipinski definition) is 6. The molecule has 3 rings (SSSR count). The number of phenolic OH excluding ortho intramolecular Hbond substituents is 1. The average molecular weight is 393 g/mol. The first-order valence-electron chi connectivity index (χ1n) is 6.88. The quantitative estimate of drug-likeness (QED) is 0.616. The molecule has 2 N–H and O–H groups in total. The van der Waals surface area contributed by atoms with Gasteiger partial charge in [0.1, 0.15) is 11.5 Å². The Morgan fingerprint density at radius 3 is 2.92 bits per heavy atom. The Kier molecular flexibility index (Phi) is 4.57. The third-order valence-corrected chi connectivity index (χ3v) is 3.91. The van der Waals surface area contributed by atoms with E-state index in [0.29, 0.717) is 32.8 Å². The van der Waals surface area contributed by atoms with Crippen molar-refractivity contribution in [2.45, 2.75) is 0 Å². The number of hydrogen-bond donors (Lipinski definition) is 2. The van der Waals surface area contributed by atoms with E-state index < -0.39 is 5.91 Å². The van der Waals surface area contributed by atoms with Crippen LogP contribution in [0.15, 0.2) is 39.9 Å². The summed E-state index contributed by atoms with van der Waals surface area (Å²) >= 11 is 3.22. The van der Waals surface area contributed by atoms with Gasteiger partial charge >= 0.3 is 0 Å². The number of ether oxygens (including phenoxy) is 3. The smallest absolute Gasteiger partial charge is 0.271 e. The van der Waals surface area contributed by atoms with Crippen molar-refractivity contribution in [3.8, 4) is 23.0 Å². The van der Waals surface area contributed by atoms with E-state index in [1.54, 1.807) is 30.3 Å². The van der Waals surface area contributed by atoms with Crippen molar-refractivity contribution in [3.63, 3.8) is 0 Å². The molecule has 0 spiro atoms.